The van der Waals surface area contributed by atoms with E-state index in [2.05, 4.69) is 15.7 Å². The molecular weight excluding hydrogens is 200 g/mol. The zero-order valence-corrected chi connectivity index (χ0v) is 8.39. The first-order chi connectivity index (χ1) is 6.99. The van der Waals surface area contributed by atoms with Gasteiger partial charge in [-0.2, -0.15) is 5.10 Å². The fourth-order valence-electron chi connectivity index (χ4n) is 0.893. The molecule has 7 heteroatoms. The lowest BCUT2D eigenvalue weighted by molar-refractivity contribution is -0.138. The highest BCUT2D eigenvalue weighted by Crippen LogP contribution is 2.00. The summed E-state index contributed by atoms with van der Waals surface area (Å²) >= 11 is 0. The number of carbonyl (C=O) groups is 2. The summed E-state index contributed by atoms with van der Waals surface area (Å²) in [6.45, 7) is 1.38. The molecule has 2 amide bonds. The van der Waals surface area contributed by atoms with Gasteiger partial charge in [-0.05, 0) is 6.92 Å². The number of urea groups is 1. The number of amides is 2. The van der Waals surface area contributed by atoms with E-state index in [1.54, 1.807) is 19.3 Å². The van der Waals surface area contributed by atoms with Crippen molar-refractivity contribution < 1.29 is 14.7 Å². The average molecular weight is 212 g/mol. The summed E-state index contributed by atoms with van der Waals surface area (Å²) in [4.78, 5) is 21.6. The predicted octanol–water partition coefficient (Wildman–Crippen LogP) is 0.0147. The second-order valence-electron chi connectivity index (χ2n) is 3.03. The molecule has 0 aliphatic heterocycles. The summed E-state index contributed by atoms with van der Waals surface area (Å²) in [7, 11) is 1.71. The molecule has 3 N–H and O–H groups in total. The van der Waals surface area contributed by atoms with Gasteiger partial charge in [-0.25, -0.2) is 4.79 Å². The summed E-state index contributed by atoms with van der Waals surface area (Å²) in [6.07, 6.45) is 1.66. The second-order valence-corrected chi connectivity index (χ2v) is 3.03. The third kappa shape index (κ3) is 3.29. The number of carboxylic acids is 1. The van der Waals surface area contributed by atoms with Gasteiger partial charge in [0.1, 0.15) is 6.04 Å². The SMILES string of the molecule is C[C@@H](NC(=O)Nc1ccn(C)n1)C(=O)O. The van der Waals surface area contributed by atoms with Gasteiger partial charge in [0.25, 0.3) is 0 Å². The van der Waals surface area contributed by atoms with Crippen LogP contribution in [0.3, 0.4) is 0 Å². The fourth-order valence-corrected chi connectivity index (χ4v) is 0.893. The summed E-state index contributed by atoms with van der Waals surface area (Å²) < 4.78 is 1.52. The van der Waals surface area contributed by atoms with Crippen molar-refractivity contribution in [2.24, 2.45) is 7.05 Å². The van der Waals surface area contributed by atoms with Crippen LogP contribution < -0.4 is 10.6 Å². The standard InChI is InChI=1S/C8H12N4O3/c1-5(7(13)14)9-8(15)10-6-3-4-12(2)11-6/h3-5H,1-2H3,(H,13,14)(H2,9,10,11,15)/t5-/m1/s1. The maximum Gasteiger partial charge on any atom is 0.325 e. The number of nitrogens with one attached hydrogen (secondary N) is 2. The third-order valence-electron chi connectivity index (χ3n) is 1.67. The van der Waals surface area contributed by atoms with Crippen molar-refractivity contribution in [3.8, 4) is 0 Å². The molecule has 0 unspecified atom stereocenters. The van der Waals surface area contributed by atoms with Crippen molar-refractivity contribution >= 4 is 17.8 Å². The highest BCUT2D eigenvalue weighted by Gasteiger charge is 2.13. The maximum absolute atomic E-state index is 11.2. The van der Waals surface area contributed by atoms with E-state index in [-0.39, 0.29) is 0 Å². The molecule has 1 aromatic heterocycles. The molecule has 1 heterocycles. The van der Waals surface area contributed by atoms with Crippen LogP contribution in [-0.4, -0.2) is 32.9 Å². The minimum atomic E-state index is -1.09. The van der Waals surface area contributed by atoms with Crippen LogP contribution in [0.2, 0.25) is 0 Å². The molecule has 1 aromatic rings. The molecule has 15 heavy (non-hydrogen) atoms. The Morgan fingerprint density at radius 3 is 2.73 bits per heavy atom. The number of hydrogen-bond donors (Lipinski definition) is 3. The van der Waals surface area contributed by atoms with Crippen molar-refractivity contribution in [2.75, 3.05) is 5.32 Å². The zero-order valence-electron chi connectivity index (χ0n) is 8.39. The van der Waals surface area contributed by atoms with Crippen molar-refractivity contribution in [2.45, 2.75) is 13.0 Å². The van der Waals surface area contributed by atoms with E-state index in [9.17, 15) is 9.59 Å². The second kappa shape index (κ2) is 4.45. The molecule has 1 atom stereocenters. The lowest BCUT2D eigenvalue weighted by atomic mass is 10.3. The van der Waals surface area contributed by atoms with Crippen molar-refractivity contribution in [1.82, 2.24) is 15.1 Å². The van der Waals surface area contributed by atoms with Gasteiger partial charge in [0.2, 0.25) is 0 Å². The number of nitrogens with zero attached hydrogens (tertiary/aromatic N) is 2. The number of anilines is 1. The lowest BCUT2D eigenvalue weighted by Gasteiger charge is -2.08. The quantitative estimate of drug-likeness (QED) is 0.657. The monoisotopic (exact) mass is 212 g/mol. The number of carbonyl (C=O) groups excluding carboxylic acids is 1. The summed E-state index contributed by atoms with van der Waals surface area (Å²) in [5.74, 6) is -0.723. The van der Waals surface area contributed by atoms with Gasteiger partial charge in [0.15, 0.2) is 5.82 Å². The minimum absolute atomic E-state index is 0.368. The Bertz CT molecular complexity index is 374. The topological polar surface area (TPSA) is 96.3 Å². The van der Waals surface area contributed by atoms with Crippen LogP contribution in [-0.2, 0) is 11.8 Å². The molecule has 0 aliphatic carbocycles. The van der Waals surface area contributed by atoms with Crippen molar-refractivity contribution in [3.05, 3.63) is 12.3 Å². The average Bonchev–Trinajstić information content (AvgIpc) is 2.50. The number of aliphatic carboxylic acids is 1. The van der Waals surface area contributed by atoms with Gasteiger partial charge >= 0.3 is 12.0 Å². The van der Waals surface area contributed by atoms with E-state index < -0.39 is 18.0 Å². The van der Waals surface area contributed by atoms with Crippen LogP contribution in [0.25, 0.3) is 0 Å². The van der Waals surface area contributed by atoms with E-state index in [0.717, 1.165) is 0 Å². The van der Waals surface area contributed by atoms with Crippen LogP contribution in [0.5, 0.6) is 0 Å². The van der Waals surface area contributed by atoms with Crippen LogP contribution in [0.4, 0.5) is 10.6 Å². The smallest absolute Gasteiger partial charge is 0.325 e. The molecule has 0 aliphatic rings. The van der Waals surface area contributed by atoms with Crippen LogP contribution >= 0.6 is 0 Å². The van der Waals surface area contributed by atoms with E-state index in [1.807, 2.05) is 0 Å². The van der Waals surface area contributed by atoms with Crippen LogP contribution in [0, 0.1) is 0 Å². The van der Waals surface area contributed by atoms with Gasteiger partial charge in [0, 0.05) is 19.3 Å². The Morgan fingerprint density at radius 2 is 2.27 bits per heavy atom. The van der Waals surface area contributed by atoms with E-state index in [4.69, 9.17) is 5.11 Å². The molecule has 0 radical (unpaired) electrons. The van der Waals surface area contributed by atoms with E-state index in [1.165, 1.54) is 11.6 Å². The Labute approximate surface area is 86.1 Å². The van der Waals surface area contributed by atoms with E-state index in [0.29, 0.717) is 5.82 Å². The summed E-state index contributed by atoms with van der Waals surface area (Å²) in [6, 6.07) is 0.0719. The molecule has 0 aromatic carbocycles. The molecule has 0 bridgehead atoms. The Morgan fingerprint density at radius 1 is 1.60 bits per heavy atom. The van der Waals surface area contributed by atoms with E-state index >= 15 is 0 Å². The first-order valence-electron chi connectivity index (χ1n) is 4.29. The highest BCUT2D eigenvalue weighted by atomic mass is 16.4. The predicted molar refractivity (Wildman–Crippen MR) is 52.5 cm³/mol. The van der Waals surface area contributed by atoms with Gasteiger partial charge in [0.05, 0.1) is 0 Å². The Kier molecular flexibility index (Phi) is 3.27. The zero-order chi connectivity index (χ0) is 11.4. The van der Waals surface area contributed by atoms with Crippen molar-refractivity contribution in [1.29, 1.82) is 0 Å². The summed E-state index contributed by atoms with van der Waals surface area (Å²) in [5.41, 5.74) is 0. The van der Waals surface area contributed by atoms with Crippen LogP contribution in [0.15, 0.2) is 12.3 Å². The lowest BCUT2D eigenvalue weighted by Crippen LogP contribution is -2.40. The van der Waals surface area contributed by atoms with Gasteiger partial charge in [-0.15, -0.1) is 0 Å². The highest BCUT2D eigenvalue weighted by molar-refractivity contribution is 5.91. The normalized spacial score (nSPS) is 11.9. The molecule has 0 spiro atoms. The first-order valence-corrected chi connectivity index (χ1v) is 4.29. The van der Waals surface area contributed by atoms with Crippen molar-refractivity contribution in [3.63, 3.8) is 0 Å². The first kappa shape index (κ1) is 11.0. The van der Waals surface area contributed by atoms with Gasteiger partial charge < -0.3 is 10.4 Å². The fraction of sp³-hybridized carbons (Fsp3) is 0.375. The van der Waals surface area contributed by atoms with Gasteiger partial charge in [-0.3, -0.25) is 14.8 Å². The number of aryl methyl sites for hydroxylation is 1. The molecule has 0 saturated carbocycles. The third-order valence-corrected chi connectivity index (χ3v) is 1.67. The Hall–Kier alpha value is -2.05. The number of carboxylic acid groups (broad SMARTS) is 1. The molecule has 1 rings (SSSR count). The molecular formula is C8H12N4O3. The summed E-state index contributed by atoms with van der Waals surface area (Å²) in [5, 5.41) is 17.1. The number of rotatable bonds is 3. The molecule has 0 saturated heterocycles. The molecule has 7 nitrogen and oxygen atoms in total. The number of hydrogen-bond acceptors (Lipinski definition) is 3. The van der Waals surface area contributed by atoms with Gasteiger partial charge in [-0.1, -0.05) is 0 Å². The molecule has 0 fully saturated rings. The minimum Gasteiger partial charge on any atom is -0.480 e. The largest absolute Gasteiger partial charge is 0.480 e. The Balaban J connectivity index is 2.46. The molecule has 82 valence electrons. The van der Waals surface area contributed by atoms with Crippen LogP contribution in [0.1, 0.15) is 6.92 Å². The number of aromatic nitrogens is 2. The maximum atomic E-state index is 11.2.